The van der Waals surface area contributed by atoms with E-state index in [-0.39, 0.29) is 18.2 Å². The summed E-state index contributed by atoms with van der Waals surface area (Å²) < 4.78 is 0. The van der Waals surface area contributed by atoms with E-state index < -0.39 is 11.5 Å². The van der Waals surface area contributed by atoms with E-state index in [1.54, 1.807) is 0 Å². The average molecular weight is 225 g/mol. The number of carboxylic acid groups (broad SMARTS) is 1. The molecule has 2 aliphatic rings. The molecular formula is C12H19NO3. The molecule has 2 fully saturated rings. The third-order valence-corrected chi connectivity index (χ3v) is 3.88. The third kappa shape index (κ3) is 2.36. The van der Waals surface area contributed by atoms with E-state index >= 15 is 0 Å². The van der Waals surface area contributed by atoms with Gasteiger partial charge in [-0.3, -0.25) is 9.59 Å². The Labute approximate surface area is 95.4 Å². The van der Waals surface area contributed by atoms with Crippen molar-refractivity contribution in [1.29, 1.82) is 0 Å². The van der Waals surface area contributed by atoms with E-state index in [1.807, 2.05) is 0 Å². The molecule has 0 aromatic carbocycles. The molecule has 4 heteroatoms. The summed E-state index contributed by atoms with van der Waals surface area (Å²) in [5.41, 5.74) is -0.453. The third-order valence-electron chi connectivity index (χ3n) is 3.88. The van der Waals surface area contributed by atoms with Crippen molar-refractivity contribution in [3.05, 3.63) is 0 Å². The molecule has 2 unspecified atom stereocenters. The normalized spacial score (nSPS) is 31.1. The molecule has 0 radical (unpaired) electrons. The number of carbonyl (C=O) groups excluding carboxylic acids is 1. The van der Waals surface area contributed by atoms with Crippen molar-refractivity contribution in [3.8, 4) is 0 Å². The topological polar surface area (TPSA) is 66.4 Å². The highest BCUT2D eigenvalue weighted by atomic mass is 16.4. The fourth-order valence-corrected chi connectivity index (χ4v) is 2.73. The molecule has 16 heavy (non-hydrogen) atoms. The van der Waals surface area contributed by atoms with E-state index in [2.05, 4.69) is 12.2 Å². The van der Waals surface area contributed by atoms with Crippen LogP contribution in [0, 0.1) is 11.8 Å². The van der Waals surface area contributed by atoms with Crippen LogP contribution in [0.4, 0.5) is 0 Å². The first-order valence-electron chi connectivity index (χ1n) is 6.06. The molecule has 2 saturated carbocycles. The Morgan fingerprint density at radius 3 is 2.38 bits per heavy atom. The van der Waals surface area contributed by atoms with Crippen molar-refractivity contribution < 1.29 is 14.7 Å². The maximum Gasteiger partial charge on any atom is 0.305 e. The van der Waals surface area contributed by atoms with Crippen LogP contribution in [0.1, 0.15) is 45.4 Å². The number of nitrogens with one attached hydrogen (secondary N) is 1. The second-order valence-electron chi connectivity index (χ2n) is 5.37. The highest BCUT2D eigenvalue weighted by Gasteiger charge is 2.44. The summed E-state index contributed by atoms with van der Waals surface area (Å²) in [7, 11) is 0. The Bertz CT molecular complexity index is 307. The summed E-state index contributed by atoms with van der Waals surface area (Å²) in [6.45, 7) is 2.06. The molecule has 0 aromatic rings. The second kappa shape index (κ2) is 4.07. The van der Waals surface area contributed by atoms with Crippen LogP contribution in [-0.2, 0) is 9.59 Å². The number of hydrogen-bond donors (Lipinski definition) is 2. The Kier molecular flexibility index (Phi) is 2.91. The van der Waals surface area contributed by atoms with E-state index in [0.29, 0.717) is 5.92 Å². The Morgan fingerprint density at radius 1 is 1.38 bits per heavy atom. The van der Waals surface area contributed by atoms with Gasteiger partial charge >= 0.3 is 5.97 Å². The van der Waals surface area contributed by atoms with Crippen molar-refractivity contribution in [3.63, 3.8) is 0 Å². The van der Waals surface area contributed by atoms with Crippen LogP contribution in [0.15, 0.2) is 0 Å². The zero-order valence-electron chi connectivity index (χ0n) is 9.66. The summed E-state index contributed by atoms with van der Waals surface area (Å²) in [6, 6.07) is 0. The molecule has 2 aliphatic carbocycles. The molecular weight excluding hydrogens is 206 g/mol. The lowest BCUT2D eigenvalue weighted by molar-refractivity contribution is -0.139. The van der Waals surface area contributed by atoms with Gasteiger partial charge in [0.05, 0.1) is 12.0 Å². The Balaban J connectivity index is 1.97. The number of rotatable bonds is 4. The first-order valence-corrected chi connectivity index (χ1v) is 6.06. The molecule has 2 rings (SSSR count). The molecule has 0 bridgehead atoms. The average Bonchev–Trinajstić information content (AvgIpc) is 2.73. The van der Waals surface area contributed by atoms with Crippen molar-refractivity contribution >= 4 is 11.9 Å². The Hall–Kier alpha value is -1.06. The number of aliphatic carboxylic acids is 1. The molecule has 0 spiro atoms. The van der Waals surface area contributed by atoms with Gasteiger partial charge in [-0.05, 0) is 25.2 Å². The summed E-state index contributed by atoms with van der Waals surface area (Å²) in [5, 5.41) is 11.9. The van der Waals surface area contributed by atoms with E-state index in [1.165, 1.54) is 0 Å². The van der Waals surface area contributed by atoms with Gasteiger partial charge in [0.25, 0.3) is 0 Å². The minimum absolute atomic E-state index is 0.0654. The van der Waals surface area contributed by atoms with Gasteiger partial charge in [-0.1, -0.05) is 19.8 Å². The molecule has 2 N–H and O–H groups in total. The summed E-state index contributed by atoms with van der Waals surface area (Å²) >= 11 is 0. The smallest absolute Gasteiger partial charge is 0.305 e. The maximum absolute atomic E-state index is 11.9. The van der Waals surface area contributed by atoms with Crippen LogP contribution in [0.5, 0.6) is 0 Å². The quantitative estimate of drug-likeness (QED) is 0.762. The van der Waals surface area contributed by atoms with Gasteiger partial charge in [0.15, 0.2) is 0 Å². The second-order valence-corrected chi connectivity index (χ2v) is 5.37. The van der Waals surface area contributed by atoms with Gasteiger partial charge in [-0.15, -0.1) is 0 Å². The van der Waals surface area contributed by atoms with Gasteiger partial charge in [-0.25, -0.2) is 0 Å². The monoisotopic (exact) mass is 225 g/mol. The lowest BCUT2D eigenvalue weighted by atomic mass is 9.93. The maximum atomic E-state index is 11.9. The van der Waals surface area contributed by atoms with Crippen LogP contribution in [0.2, 0.25) is 0 Å². The van der Waals surface area contributed by atoms with Gasteiger partial charge in [0.1, 0.15) is 0 Å². The van der Waals surface area contributed by atoms with Gasteiger partial charge in [0.2, 0.25) is 5.91 Å². The standard InChI is InChI=1S/C12H19NO3/c1-8-6-9(8)11(16)13-12(7-10(14)15)4-2-3-5-12/h8-9H,2-7H2,1H3,(H,13,16)(H,14,15). The summed E-state index contributed by atoms with van der Waals surface area (Å²) in [4.78, 5) is 22.7. The van der Waals surface area contributed by atoms with Gasteiger partial charge in [0, 0.05) is 5.92 Å². The number of carbonyl (C=O) groups is 2. The zero-order valence-corrected chi connectivity index (χ0v) is 9.66. The molecule has 0 heterocycles. The zero-order chi connectivity index (χ0) is 11.8. The fourth-order valence-electron chi connectivity index (χ4n) is 2.73. The molecule has 0 saturated heterocycles. The van der Waals surface area contributed by atoms with E-state index in [4.69, 9.17) is 5.11 Å². The van der Waals surface area contributed by atoms with Crippen LogP contribution in [0.25, 0.3) is 0 Å². The highest BCUT2D eigenvalue weighted by molar-refractivity contribution is 5.83. The first kappa shape index (κ1) is 11.4. The number of hydrogen-bond acceptors (Lipinski definition) is 2. The minimum atomic E-state index is -0.814. The van der Waals surface area contributed by atoms with Crippen LogP contribution in [-0.4, -0.2) is 22.5 Å². The number of carboxylic acids is 1. The van der Waals surface area contributed by atoms with Crippen molar-refractivity contribution in [2.45, 2.75) is 51.0 Å². The molecule has 1 amide bonds. The predicted molar refractivity (Wildman–Crippen MR) is 58.9 cm³/mol. The van der Waals surface area contributed by atoms with Gasteiger partial charge < -0.3 is 10.4 Å². The van der Waals surface area contributed by atoms with E-state index in [0.717, 1.165) is 32.1 Å². The van der Waals surface area contributed by atoms with Crippen molar-refractivity contribution in [2.75, 3.05) is 0 Å². The SMILES string of the molecule is CC1CC1C(=O)NC1(CC(=O)O)CCCC1. The largest absolute Gasteiger partial charge is 0.481 e. The van der Waals surface area contributed by atoms with E-state index in [9.17, 15) is 9.59 Å². The molecule has 90 valence electrons. The molecule has 4 nitrogen and oxygen atoms in total. The van der Waals surface area contributed by atoms with Crippen molar-refractivity contribution in [1.82, 2.24) is 5.32 Å². The lowest BCUT2D eigenvalue weighted by Gasteiger charge is -2.28. The van der Waals surface area contributed by atoms with Gasteiger partial charge in [-0.2, -0.15) is 0 Å². The lowest BCUT2D eigenvalue weighted by Crippen LogP contribution is -2.48. The molecule has 0 aromatic heterocycles. The molecule has 0 aliphatic heterocycles. The minimum Gasteiger partial charge on any atom is -0.481 e. The predicted octanol–water partition coefficient (Wildman–Crippen LogP) is 1.55. The Morgan fingerprint density at radius 2 is 1.94 bits per heavy atom. The number of amides is 1. The fraction of sp³-hybridized carbons (Fsp3) is 0.833. The van der Waals surface area contributed by atoms with Crippen LogP contribution in [0.3, 0.4) is 0 Å². The summed E-state index contributed by atoms with van der Waals surface area (Å²) in [5.74, 6) is -0.142. The molecule has 2 atom stereocenters. The first-order chi connectivity index (χ1) is 7.52. The van der Waals surface area contributed by atoms with Crippen LogP contribution < -0.4 is 5.32 Å². The van der Waals surface area contributed by atoms with Crippen molar-refractivity contribution in [2.24, 2.45) is 11.8 Å². The highest BCUT2D eigenvalue weighted by Crippen LogP contribution is 2.40. The summed E-state index contributed by atoms with van der Waals surface area (Å²) in [6.07, 6.45) is 4.69. The van der Waals surface area contributed by atoms with Crippen LogP contribution >= 0.6 is 0 Å².